The number of carbonyl (C=O) groups is 1. The lowest BCUT2D eigenvalue weighted by Crippen LogP contribution is -2.14. The average Bonchev–Trinajstić information content (AvgIpc) is 2.59. The summed E-state index contributed by atoms with van der Waals surface area (Å²) in [6.07, 6.45) is 0. The molecule has 3 aromatic carbocycles. The zero-order valence-electron chi connectivity index (χ0n) is 15.2. The number of halogens is 1. The second kappa shape index (κ2) is 7.21. The molecule has 0 aliphatic carbocycles. The van der Waals surface area contributed by atoms with Gasteiger partial charge in [0.2, 0.25) is 0 Å². The van der Waals surface area contributed by atoms with Gasteiger partial charge in [0.25, 0.3) is 10.0 Å². The number of ketones is 1. The molecular weight excluding hydrogens is 384 g/mol. The van der Waals surface area contributed by atoms with Crippen molar-refractivity contribution < 1.29 is 13.2 Å². The molecule has 0 bridgehead atoms. The molecule has 0 saturated carbocycles. The number of carbonyl (C=O) groups excluding carboxylic acids is 1. The van der Waals surface area contributed by atoms with Crippen LogP contribution in [0.4, 0.5) is 11.4 Å². The Morgan fingerprint density at radius 3 is 2.30 bits per heavy atom. The van der Waals surface area contributed by atoms with E-state index in [1.807, 2.05) is 37.2 Å². The summed E-state index contributed by atoms with van der Waals surface area (Å²) >= 11 is 6.09. The summed E-state index contributed by atoms with van der Waals surface area (Å²) in [5, 5.41) is 1.67. The number of benzene rings is 3. The van der Waals surface area contributed by atoms with E-state index in [1.165, 1.54) is 25.1 Å². The van der Waals surface area contributed by atoms with Gasteiger partial charge in [0.15, 0.2) is 5.78 Å². The molecule has 7 heteroatoms. The predicted octanol–water partition coefficient (Wildman–Crippen LogP) is 4.56. The van der Waals surface area contributed by atoms with E-state index in [0.29, 0.717) is 16.6 Å². The van der Waals surface area contributed by atoms with Crippen LogP contribution in [0.25, 0.3) is 10.8 Å². The molecule has 3 aromatic rings. The van der Waals surface area contributed by atoms with Crippen molar-refractivity contribution in [1.29, 1.82) is 0 Å². The standard InChI is InChI=1S/C20H19ClN2O3S/c1-13(24)15-11-10-14(12-18(15)21)22-27(25,26)20-9-5-6-16-17(20)7-4-8-19(16)23(2)3/h4-12,22H,1-3H3. The molecule has 0 radical (unpaired) electrons. The molecule has 0 aliphatic rings. The van der Waals surface area contributed by atoms with Crippen LogP contribution in [0.5, 0.6) is 0 Å². The summed E-state index contributed by atoms with van der Waals surface area (Å²) in [6, 6.07) is 15.2. The van der Waals surface area contributed by atoms with Gasteiger partial charge in [-0.15, -0.1) is 0 Å². The molecule has 3 rings (SSSR count). The first-order valence-electron chi connectivity index (χ1n) is 8.23. The van der Waals surface area contributed by atoms with E-state index in [4.69, 9.17) is 11.6 Å². The van der Waals surface area contributed by atoms with Gasteiger partial charge in [-0.2, -0.15) is 0 Å². The number of nitrogens with zero attached hydrogens (tertiary/aromatic N) is 1. The predicted molar refractivity (Wildman–Crippen MR) is 111 cm³/mol. The van der Waals surface area contributed by atoms with Crippen LogP contribution in [0, 0.1) is 0 Å². The summed E-state index contributed by atoms with van der Waals surface area (Å²) in [4.78, 5) is 13.6. The third-order valence-corrected chi connectivity index (χ3v) is 5.98. The first-order chi connectivity index (χ1) is 12.7. The molecular formula is C20H19ClN2O3S. The fraction of sp³-hybridized carbons (Fsp3) is 0.150. The average molecular weight is 403 g/mol. The van der Waals surface area contributed by atoms with E-state index in [2.05, 4.69) is 4.72 Å². The molecule has 0 atom stereocenters. The number of rotatable bonds is 5. The zero-order valence-corrected chi connectivity index (χ0v) is 16.7. The second-order valence-corrected chi connectivity index (χ2v) is 8.44. The van der Waals surface area contributed by atoms with Crippen LogP contribution < -0.4 is 9.62 Å². The Balaban J connectivity index is 2.07. The summed E-state index contributed by atoms with van der Waals surface area (Å²) in [5.74, 6) is -0.181. The number of sulfonamides is 1. The minimum Gasteiger partial charge on any atom is -0.377 e. The molecule has 5 nitrogen and oxygen atoms in total. The molecule has 0 saturated heterocycles. The van der Waals surface area contributed by atoms with Crippen LogP contribution >= 0.6 is 11.6 Å². The van der Waals surface area contributed by atoms with Crippen molar-refractivity contribution in [2.24, 2.45) is 0 Å². The Morgan fingerprint density at radius 2 is 1.67 bits per heavy atom. The van der Waals surface area contributed by atoms with Crippen LogP contribution in [0.1, 0.15) is 17.3 Å². The number of Topliss-reactive ketones (excluding diaryl/α,β-unsaturated/α-hetero) is 1. The normalized spacial score (nSPS) is 11.4. The van der Waals surface area contributed by atoms with Crippen molar-refractivity contribution >= 4 is 49.6 Å². The monoisotopic (exact) mass is 402 g/mol. The molecule has 140 valence electrons. The quantitative estimate of drug-likeness (QED) is 0.635. The Bertz CT molecular complexity index is 1140. The fourth-order valence-corrected chi connectivity index (χ4v) is 4.55. The Kier molecular flexibility index (Phi) is 5.13. The SMILES string of the molecule is CC(=O)c1ccc(NS(=O)(=O)c2cccc3c(N(C)C)cccc23)cc1Cl. The van der Waals surface area contributed by atoms with Crippen LogP contribution in [0.15, 0.2) is 59.5 Å². The third kappa shape index (κ3) is 3.77. The molecule has 0 aromatic heterocycles. The van der Waals surface area contributed by atoms with E-state index in [-0.39, 0.29) is 15.7 Å². The van der Waals surface area contributed by atoms with Gasteiger partial charge < -0.3 is 4.90 Å². The molecule has 0 fully saturated rings. The van der Waals surface area contributed by atoms with Gasteiger partial charge in [-0.25, -0.2) is 8.42 Å². The Morgan fingerprint density at radius 1 is 1.00 bits per heavy atom. The van der Waals surface area contributed by atoms with Gasteiger partial charge in [-0.05, 0) is 37.3 Å². The van der Waals surface area contributed by atoms with E-state index >= 15 is 0 Å². The van der Waals surface area contributed by atoms with Crippen molar-refractivity contribution in [2.45, 2.75) is 11.8 Å². The summed E-state index contributed by atoms with van der Waals surface area (Å²) in [7, 11) is -0.0253. The molecule has 0 spiro atoms. The van der Waals surface area contributed by atoms with Gasteiger partial charge in [-0.3, -0.25) is 9.52 Å². The number of hydrogen-bond acceptors (Lipinski definition) is 4. The summed E-state index contributed by atoms with van der Waals surface area (Å²) < 4.78 is 28.5. The number of nitrogens with one attached hydrogen (secondary N) is 1. The van der Waals surface area contributed by atoms with Gasteiger partial charge in [0, 0.05) is 36.1 Å². The van der Waals surface area contributed by atoms with Gasteiger partial charge in [0.1, 0.15) is 0 Å². The van der Waals surface area contributed by atoms with Crippen LogP contribution in [-0.2, 0) is 10.0 Å². The highest BCUT2D eigenvalue weighted by Crippen LogP contribution is 2.31. The zero-order chi connectivity index (χ0) is 19.8. The summed E-state index contributed by atoms with van der Waals surface area (Å²) in [5.41, 5.74) is 1.57. The van der Waals surface area contributed by atoms with Crippen LogP contribution in [0.3, 0.4) is 0 Å². The topological polar surface area (TPSA) is 66.5 Å². The van der Waals surface area contributed by atoms with Crippen molar-refractivity contribution in [3.8, 4) is 0 Å². The molecule has 0 amide bonds. The maximum atomic E-state index is 13.0. The first kappa shape index (κ1) is 19.2. The first-order valence-corrected chi connectivity index (χ1v) is 10.1. The van der Waals surface area contributed by atoms with E-state index in [0.717, 1.165) is 11.1 Å². The minimum atomic E-state index is -3.84. The van der Waals surface area contributed by atoms with Crippen LogP contribution in [-0.4, -0.2) is 28.3 Å². The molecule has 1 N–H and O–H groups in total. The maximum Gasteiger partial charge on any atom is 0.262 e. The van der Waals surface area contributed by atoms with Gasteiger partial charge in [-0.1, -0.05) is 35.9 Å². The number of fused-ring (bicyclic) bond motifs is 1. The number of hydrogen-bond donors (Lipinski definition) is 1. The van der Waals surface area contributed by atoms with Gasteiger partial charge in [0.05, 0.1) is 15.6 Å². The fourth-order valence-electron chi connectivity index (χ4n) is 2.96. The van der Waals surface area contributed by atoms with Crippen molar-refractivity contribution in [2.75, 3.05) is 23.7 Å². The largest absolute Gasteiger partial charge is 0.377 e. The summed E-state index contributed by atoms with van der Waals surface area (Å²) in [6.45, 7) is 1.41. The van der Waals surface area contributed by atoms with E-state index in [9.17, 15) is 13.2 Å². The van der Waals surface area contributed by atoms with Crippen molar-refractivity contribution in [3.05, 3.63) is 65.2 Å². The Labute approximate surface area is 163 Å². The van der Waals surface area contributed by atoms with Crippen molar-refractivity contribution in [1.82, 2.24) is 0 Å². The highest BCUT2D eigenvalue weighted by molar-refractivity contribution is 7.93. The lowest BCUT2D eigenvalue weighted by molar-refractivity contribution is 0.101. The lowest BCUT2D eigenvalue weighted by atomic mass is 10.1. The van der Waals surface area contributed by atoms with Crippen molar-refractivity contribution in [3.63, 3.8) is 0 Å². The van der Waals surface area contributed by atoms with E-state index in [1.54, 1.807) is 18.2 Å². The number of anilines is 2. The van der Waals surface area contributed by atoms with Crippen LogP contribution in [0.2, 0.25) is 5.02 Å². The molecule has 0 aliphatic heterocycles. The second-order valence-electron chi connectivity index (χ2n) is 6.38. The highest BCUT2D eigenvalue weighted by Gasteiger charge is 2.19. The molecule has 0 heterocycles. The third-order valence-electron chi connectivity index (χ3n) is 4.23. The Hall–Kier alpha value is -2.57. The highest BCUT2D eigenvalue weighted by atomic mass is 35.5. The van der Waals surface area contributed by atoms with Gasteiger partial charge >= 0.3 is 0 Å². The maximum absolute atomic E-state index is 13.0. The minimum absolute atomic E-state index is 0.176. The molecule has 27 heavy (non-hydrogen) atoms. The lowest BCUT2D eigenvalue weighted by Gasteiger charge is -2.17. The molecule has 0 unspecified atom stereocenters. The van der Waals surface area contributed by atoms with E-state index < -0.39 is 10.0 Å². The smallest absolute Gasteiger partial charge is 0.262 e.